The molecular formula is C20H22N4O. The van der Waals surface area contributed by atoms with Crippen LogP contribution in [0.15, 0.2) is 73.3 Å². The molecule has 5 nitrogen and oxygen atoms in total. The monoisotopic (exact) mass is 334 g/mol. The van der Waals surface area contributed by atoms with E-state index in [0.29, 0.717) is 0 Å². The van der Waals surface area contributed by atoms with Crippen LogP contribution in [0.25, 0.3) is 0 Å². The lowest BCUT2D eigenvalue weighted by atomic mass is 10.1. The van der Waals surface area contributed by atoms with Crippen molar-refractivity contribution < 1.29 is 4.79 Å². The zero-order valence-electron chi connectivity index (χ0n) is 14.5. The Labute approximate surface area is 147 Å². The summed E-state index contributed by atoms with van der Waals surface area (Å²) >= 11 is 0. The predicted molar refractivity (Wildman–Crippen MR) is 99.4 cm³/mol. The van der Waals surface area contributed by atoms with E-state index in [1.165, 1.54) is 0 Å². The minimum atomic E-state index is -0.126. The number of carbonyl (C=O) groups is 1. The molecule has 1 unspecified atom stereocenters. The molecule has 1 heterocycles. The molecule has 0 spiro atoms. The van der Waals surface area contributed by atoms with Gasteiger partial charge in [0.15, 0.2) is 0 Å². The molecule has 1 atom stereocenters. The highest BCUT2D eigenvalue weighted by molar-refractivity contribution is 5.89. The van der Waals surface area contributed by atoms with Gasteiger partial charge in [0.05, 0.1) is 12.4 Å². The number of anilines is 1. The summed E-state index contributed by atoms with van der Waals surface area (Å²) in [6.45, 7) is 2.78. The third-order valence-corrected chi connectivity index (χ3v) is 4.31. The van der Waals surface area contributed by atoms with Gasteiger partial charge in [-0.05, 0) is 30.2 Å². The molecule has 0 radical (unpaired) electrons. The molecule has 0 fully saturated rings. The predicted octanol–water partition coefficient (Wildman–Crippen LogP) is 4.16. The lowest BCUT2D eigenvalue weighted by molar-refractivity contribution is 0.208. The van der Waals surface area contributed by atoms with Crippen molar-refractivity contribution in [2.75, 3.05) is 12.4 Å². The second kappa shape index (κ2) is 7.66. The van der Waals surface area contributed by atoms with Crippen molar-refractivity contribution in [3.8, 4) is 0 Å². The van der Waals surface area contributed by atoms with Gasteiger partial charge in [-0.1, -0.05) is 42.5 Å². The lowest BCUT2D eigenvalue weighted by Gasteiger charge is -2.25. The topological polar surface area (TPSA) is 50.2 Å². The highest BCUT2D eigenvalue weighted by Gasteiger charge is 2.17. The molecule has 0 bridgehead atoms. The summed E-state index contributed by atoms with van der Waals surface area (Å²) in [5.41, 5.74) is 3.05. The number of aromatic nitrogens is 2. The van der Waals surface area contributed by atoms with Crippen LogP contribution >= 0.6 is 0 Å². The number of urea groups is 1. The standard InChI is InChI=1S/C20H22N4O/c1-16(18-6-4-3-5-7-18)23(2)20(25)22-19-10-8-17(9-11-19)14-24-13-12-21-15-24/h3-13,15-16H,14H2,1-2H3,(H,22,25). The maximum atomic E-state index is 12.5. The van der Waals surface area contributed by atoms with Gasteiger partial charge in [0, 0.05) is 31.7 Å². The molecule has 5 heteroatoms. The third-order valence-electron chi connectivity index (χ3n) is 4.31. The van der Waals surface area contributed by atoms with Crippen LogP contribution in [-0.2, 0) is 6.54 Å². The fraction of sp³-hybridized carbons (Fsp3) is 0.200. The van der Waals surface area contributed by atoms with Crippen molar-refractivity contribution in [1.29, 1.82) is 0 Å². The first-order chi connectivity index (χ1) is 12.1. The Bertz CT molecular complexity index is 797. The van der Waals surface area contributed by atoms with Crippen LogP contribution in [0.3, 0.4) is 0 Å². The highest BCUT2D eigenvalue weighted by Crippen LogP contribution is 2.19. The third kappa shape index (κ3) is 4.26. The van der Waals surface area contributed by atoms with Gasteiger partial charge in [0.2, 0.25) is 0 Å². The number of carbonyl (C=O) groups excluding carboxylic acids is 1. The first-order valence-electron chi connectivity index (χ1n) is 8.27. The summed E-state index contributed by atoms with van der Waals surface area (Å²) in [6, 6.07) is 17.7. The fourth-order valence-electron chi connectivity index (χ4n) is 2.63. The van der Waals surface area contributed by atoms with Gasteiger partial charge in [-0.25, -0.2) is 9.78 Å². The van der Waals surface area contributed by atoms with Gasteiger partial charge in [-0.15, -0.1) is 0 Å². The molecule has 2 amide bonds. The Morgan fingerprint density at radius 2 is 1.88 bits per heavy atom. The van der Waals surface area contributed by atoms with E-state index >= 15 is 0 Å². The van der Waals surface area contributed by atoms with Gasteiger partial charge in [-0.3, -0.25) is 0 Å². The Balaban J connectivity index is 1.60. The van der Waals surface area contributed by atoms with E-state index in [4.69, 9.17) is 0 Å². The summed E-state index contributed by atoms with van der Waals surface area (Å²) < 4.78 is 2.00. The van der Waals surface area contributed by atoms with Crippen LogP contribution < -0.4 is 5.32 Å². The van der Waals surface area contributed by atoms with E-state index in [2.05, 4.69) is 10.3 Å². The van der Waals surface area contributed by atoms with Crippen molar-refractivity contribution in [1.82, 2.24) is 14.5 Å². The molecular weight excluding hydrogens is 312 g/mol. The smallest absolute Gasteiger partial charge is 0.322 e. The number of imidazole rings is 1. The molecule has 0 aliphatic rings. The second-order valence-electron chi connectivity index (χ2n) is 6.06. The molecule has 3 aromatic rings. The molecule has 0 aliphatic carbocycles. The van der Waals surface area contributed by atoms with Gasteiger partial charge in [-0.2, -0.15) is 0 Å². The van der Waals surface area contributed by atoms with E-state index < -0.39 is 0 Å². The SMILES string of the molecule is CC(c1ccccc1)N(C)C(=O)Nc1ccc(Cn2ccnc2)cc1. The van der Waals surface area contributed by atoms with Crippen molar-refractivity contribution in [2.45, 2.75) is 19.5 Å². The van der Waals surface area contributed by atoms with Crippen molar-refractivity contribution in [3.05, 3.63) is 84.4 Å². The maximum absolute atomic E-state index is 12.5. The van der Waals surface area contributed by atoms with Gasteiger partial charge < -0.3 is 14.8 Å². The first kappa shape index (κ1) is 16.8. The van der Waals surface area contributed by atoms with Gasteiger partial charge in [0.1, 0.15) is 0 Å². The molecule has 3 rings (SSSR count). The van der Waals surface area contributed by atoms with E-state index in [9.17, 15) is 4.79 Å². The molecule has 2 aromatic carbocycles. The number of hydrogen-bond donors (Lipinski definition) is 1. The van der Waals surface area contributed by atoms with Crippen LogP contribution in [-0.4, -0.2) is 27.5 Å². The number of nitrogens with zero attached hydrogens (tertiary/aromatic N) is 3. The van der Waals surface area contributed by atoms with Crippen molar-refractivity contribution >= 4 is 11.7 Å². The Morgan fingerprint density at radius 1 is 1.16 bits per heavy atom. The van der Waals surface area contributed by atoms with Crippen LogP contribution in [0.1, 0.15) is 24.1 Å². The summed E-state index contributed by atoms with van der Waals surface area (Å²) in [5, 5.41) is 2.95. The molecule has 0 aliphatic heterocycles. The number of benzene rings is 2. The van der Waals surface area contributed by atoms with Crippen molar-refractivity contribution in [2.24, 2.45) is 0 Å². The molecule has 25 heavy (non-hydrogen) atoms. The van der Waals surface area contributed by atoms with E-state index in [-0.39, 0.29) is 12.1 Å². The highest BCUT2D eigenvalue weighted by atomic mass is 16.2. The second-order valence-corrected chi connectivity index (χ2v) is 6.06. The summed E-state index contributed by atoms with van der Waals surface area (Å²) in [6.07, 6.45) is 5.48. The van der Waals surface area contributed by atoms with Gasteiger partial charge in [0.25, 0.3) is 0 Å². The Morgan fingerprint density at radius 3 is 2.52 bits per heavy atom. The first-order valence-corrected chi connectivity index (χ1v) is 8.27. The van der Waals surface area contributed by atoms with E-state index in [1.54, 1.807) is 24.5 Å². The minimum Gasteiger partial charge on any atom is -0.333 e. The molecule has 1 N–H and O–H groups in total. The van der Waals surface area contributed by atoms with E-state index in [1.807, 2.05) is 72.3 Å². The molecule has 0 saturated heterocycles. The molecule has 1 aromatic heterocycles. The van der Waals surface area contributed by atoms with Crippen LogP contribution in [0.5, 0.6) is 0 Å². The lowest BCUT2D eigenvalue weighted by Crippen LogP contribution is -2.33. The molecule has 0 saturated carbocycles. The number of rotatable bonds is 5. The largest absolute Gasteiger partial charge is 0.333 e. The quantitative estimate of drug-likeness (QED) is 0.762. The summed E-state index contributed by atoms with van der Waals surface area (Å²) in [7, 11) is 1.81. The number of nitrogens with one attached hydrogen (secondary N) is 1. The van der Waals surface area contributed by atoms with Crippen LogP contribution in [0.2, 0.25) is 0 Å². The Hall–Kier alpha value is -3.08. The van der Waals surface area contributed by atoms with Gasteiger partial charge >= 0.3 is 6.03 Å². The minimum absolute atomic E-state index is 0.00159. The van der Waals surface area contributed by atoms with Crippen LogP contribution in [0.4, 0.5) is 10.5 Å². The summed E-state index contributed by atoms with van der Waals surface area (Å²) in [4.78, 5) is 18.2. The Kier molecular flexibility index (Phi) is 5.14. The average molecular weight is 334 g/mol. The fourth-order valence-corrected chi connectivity index (χ4v) is 2.63. The van der Waals surface area contributed by atoms with Crippen LogP contribution in [0, 0.1) is 0 Å². The number of amides is 2. The average Bonchev–Trinajstić information content (AvgIpc) is 3.16. The zero-order chi connectivity index (χ0) is 17.6. The molecule has 128 valence electrons. The summed E-state index contributed by atoms with van der Waals surface area (Å²) in [5.74, 6) is 0. The van der Waals surface area contributed by atoms with E-state index in [0.717, 1.165) is 23.4 Å². The van der Waals surface area contributed by atoms with Crippen molar-refractivity contribution in [3.63, 3.8) is 0 Å². The normalized spacial score (nSPS) is 11.8. The maximum Gasteiger partial charge on any atom is 0.322 e. The number of hydrogen-bond acceptors (Lipinski definition) is 2. The zero-order valence-corrected chi connectivity index (χ0v) is 14.5.